The van der Waals surface area contributed by atoms with Crippen molar-refractivity contribution in [2.24, 2.45) is 5.92 Å². The summed E-state index contributed by atoms with van der Waals surface area (Å²) in [5.41, 5.74) is 2.81. The fourth-order valence-corrected chi connectivity index (χ4v) is 10.0. The summed E-state index contributed by atoms with van der Waals surface area (Å²) >= 11 is 0. The molecule has 0 aliphatic carbocycles. The molecular formula is C34H39N3O6Si. The number of carbonyl (C=O) groups is 3. The Kier molecular flexibility index (Phi) is 7.96. The minimum atomic E-state index is -2.98. The van der Waals surface area contributed by atoms with Gasteiger partial charge >= 0.3 is 0 Å². The largest absolute Gasteiger partial charge is 0.432 e. The Hall–Kier alpha value is -3.83. The number of benzene rings is 3. The van der Waals surface area contributed by atoms with Crippen LogP contribution in [-0.2, 0) is 37.7 Å². The topological polar surface area (TPSA) is 119 Å². The molecule has 3 aliphatic rings. The standard InChI is InChI=1S/C34H39N3O6Si/c1-22-32(44(2,3)42)29(20-31(40)36(17-18-38)21-23-9-5-4-6-10-23)43-34(22)26-19-25(14-15-27(26)35-33(34)41)37-28-12-8-7-11-24(28)13-16-30(37)39/h4-12,14-15,19,22,29,32,38,42H,13,16-18,20-21H2,1-3H3,(H,35,41)/t22-,29+,32-,34+/m1/s1. The molecule has 0 aromatic heterocycles. The second kappa shape index (κ2) is 11.6. The normalized spacial score (nSPS) is 24.3. The van der Waals surface area contributed by atoms with E-state index >= 15 is 0 Å². The number of aryl methyl sites for hydroxylation is 1. The molecule has 3 heterocycles. The molecule has 3 aromatic carbocycles. The maximum Gasteiger partial charge on any atom is 0.261 e. The van der Waals surface area contributed by atoms with E-state index in [4.69, 9.17) is 4.74 Å². The molecule has 3 N–H and O–H groups in total. The van der Waals surface area contributed by atoms with Crippen LogP contribution in [0.3, 0.4) is 0 Å². The predicted molar refractivity (Wildman–Crippen MR) is 170 cm³/mol. The molecule has 230 valence electrons. The SMILES string of the molecule is C[C@@H]1[C@@H]([Si](C)(C)O)[C@H](CC(=O)N(CCO)Cc2ccccc2)O[C@@]12C(=O)Nc1ccc(N3C(=O)CCc4ccccc43)cc12. The van der Waals surface area contributed by atoms with Crippen LogP contribution in [0.15, 0.2) is 72.8 Å². The molecule has 0 unspecified atom stereocenters. The van der Waals surface area contributed by atoms with Gasteiger partial charge in [0.25, 0.3) is 5.91 Å². The molecule has 4 atom stereocenters. The van der Waals surface area contributed by atoms with Crippen molar-refractivity contribution in [3.8, 4) is 0 Å². The molecule has 10 heteroatoms. The van der Waals surface area contributed by atoms with Gasteiger partial charge in [0.05, 0.1) is 24.8 Å². The Labute approximate surface area is 258 Å². The van der Waals surface area contributed by atoms with Crippen molar-refractivity contribution in [3.05, 3.63) is 89.5 Å². The number of para-hydroxylation sites is 1. The highest BCUT2D eigenvalue weighted by Crippen LogP contribution is 2.59. The van der Waals surface area contributed by atoms with Crippen LogP contribution in [-0.4, -0.2) is 60.1 Å². The van der Waals surface area contributed by atoms with Gasteiger partial charge in [-0.1, -0.05) is 55.5 Å². The highest BCUT2D eigenvalue weighted by atomic mass is 28.4. The van der Waals surface area contributed by atoms with Gasteiger partial charge in [-0.25, -0.2) is 0 Å². The van der Waals surface area contributed by atoms with E-state index in [0.717, 1.165) is 16.8 Å². The van der Waals surface area contributed by atoms with Crippen molar-refractivity contribution in [3.63, 3.8) is 0 Å². The van der Waals surface area contributed by atoms with Gasteiger partial charge in [-0.15, -0.1) is 0 Å². The zero-order chi connectivity index (χ0) is 31.2. The lowest BCUT2D eigenvalue weighted by atomic mass is 9.82. The molecule has 44 heavy (non-hydrogen) atoms. The first-order valence-corrected chi connectivity index (χ1v) is 18.3. The molecule has 1 saturated heterocycles. The van der Waals surface area contributed by atoms with E-state index in [-0.39, 0.29) is 37.3 Å². The van der Waals surface area contributed by atoms with Crippen molar-refractivity contribution >= 4 is 43.1 Å². The van der Waals surface area contributed by atoms with Gasteiger partial charge in [-0.2, -0.15) is 0 Å². The van der Waals surface area contributed by atoms with Crippen molar-refractivity contribution in [2.75, 3.05) is 23.4 Å². The minimum absolute atomic E-state index is 0.0250. The van der Waals surface area contributed by atoms with E-state index < -0.39 is 31.5 Å². The van der Waals surface area contributed by atoms with Crippen LogP contribution in [0.4, 0.5) is 17.1 Å². The number of hydrogen-bond donors (Lipinski definition) is 3. The molecule has 1 spiro atoms. The van der Waals surface area contributed by atoms with E-state index in [9.17, 15) is 24.3 Å². The van der Waals surface area contributed by atoms with Crippen molar-refractivity contribution < 1.29 is 29.0 Å². The van der Waals surface area contributed by atoms with Crippen LogP contribution < -0.4 is 10.2 Å². The third kappa shape index (κ3) is 5.15. The monoisotopic (exact) mass is 613 g/mol. The zero-order valence-corrected chi connectivity index (χ0v) is 26.3. The van der Waals surface area contributed by atoms with E-state index in [0.29, 0.717) is 36.3 Å². The fourth-order valence-electron chi connectivity index (χ4n) is 7.45. The van der Waals surface area contributed by atoms with Gasteiger partial charge in [0.2, 0.25) is 11.8 Å². The van der Waals surface area contributed by atoms with E-state index in [2.05, 4.69) is 5.32 Å². The number of rotatable bonds is 8. The van der Waals surface area contributed by atoms with Gasteiger partial charge in [0.15, 0.2) is 13.9 Å². The number of anilines is 3. The smallest absolute Gasteiger partial charge is 0.261 e. The summed E-state index contributed by atoms with van der Waals surface area (Å²) < 4.78 is 6.74. The van der Waals surface area contributed by atoms with Gasteiger partial charge in [-0.05, 0) is 54.9 Å². The lowest BCUT2D eigenvalue weighted by Gasteiger charge is -2.33. The van der Waals surface area contributed by atoms with Crippen molar-refractivity contribution in [2.45, 2.75) is 63.1 Å². The summed E-state index contributed by atoms with van der Waals surface area (Å²) in [7, 11) is -2.98. The lowest BCUT2D eigenvalue weighted by molar-refractivity contribution is -0.148. The number of nitrogens with one attached hydrogen (secondary N) is 1. The van der Waals surface area contributed by atoms with Crippen LogP contribution in [0.5, 0.6) is 0 Å². The van der Waals surface area contributed by atoms with Crippen molar-refractivity contribution in [1.82, 2.24) is 4.90 Å². The van der Waals surface area contributed by atoms with Gasteiger partial charge in [0, 0.05) is 47.9 Å². The molecule has 3 aliphatic heterocycles. The molecule has 0 radical (unpaired) electrons. The Balaban J connectivity index is 1.36. The molecule has 0 saturated carbocycles. The summed E-state index contributed by atoms with van der Waals surface area (Å²) in [5, 5.41) is 12.7. The molecule has 3 amide bonds. The summed E-state index contributed by atoms with van der Waals surface area (Å²) in [6, 6.07) is 22.9. The average Bonchev–Trinajstić information content (AvgIpc) is 3.45. The Morgan fingerprint density at radius 3 is 2.52 bits per heavy atom. The molecule has 9 nitrogen and oxygen atoms in total. The number of nitrogens with zero attached hydrogens (tertiary/aromatic N) is 2. The fraction of sp³-hybridized carbons (Fsp3) is 0.382. The molecule has 3 aromatic rings. The number of hydrogen-bond acceptors (Lipinski definition) is 6. The Bertz CT molecular complexity index is 1590. The van der Waals surface area contributed by atoms with Gasteiger partial charge in [0.1, 0.15) is 0 Å². The zero-order valence-electron chi connectivity index (χ0n) is 25.3. The highest BCUT2D eigenvalue weighted by Gasteiger charge is 2.65. The third-order valence-corrected chi connectivity index (χ3v) is 11.9. The molecule has 6 rings (SSSR count). The summed E-state index contributed by atoms with van der Waals surface area (Å²) in [6.07, 6.45) is 0.290. The first-order valence-electron chi connectivity index (χ1n) is 15.2. The Morgan fingerprint density at radius 2 is 1.80 bits per heavy atom. The average molecular weight is 614 g/mol. The number of fused-ring (bicyclic) bond motifs is 3. The minimum Gasteiger partial charge on any atom is -0.432 e. The van der Waals surface area contributed by atoms with Crippen LogP contribution >= 0.6 is 0 Å². The predicted octanol–water partition coefficient (Wildman–Crippen LogP) is 4.46. The van der Waals surface area contributed by atoms with Gasteiger partial charge in [-0.3, -0.25) is 19.3 Å². The maximum atomic E-state index is 13.9. The first kappa shape index (κ1) is 30.2. The summed E-state index contributed by atoms with van der Waals surface area (Å²) in [5.74, 6) is -1.03. The Morgan fingerprint density at radius 1 is 1.07 bits per heavy atom. The second-order valence-corrected chi connectivity index (χ2v) is 16.6. The molecule has 0 bridgehead atoms. The van der Waals surface area contributed by atoms with Crippen LogP contribution in [0.25, 0.3) is 0 Å². The van der Waals surface area contributed by atoms with Crippen LogP contribution in [0.2, 0.25) is 18.6 Å². The third-order valence-electron chi connectivity index (χ3n) is 9.39. The maximum absolute atomic E-state index is 13.9. The van der Waals surface area contributed by atoms with E-state index in [1.165, 1.54) is 0 Å². The molecular weight excluding hydrogens is 574 g/mol. The van der Waals surface area contributed by atoms with Gasteiger partial charge < -0.3 is 24.9 Å². The number of ether oxygens (including phenoxy) is 1. The van der Waals surface area contributed by atoms with E-state index in [1.54, 1.807) is 15.9 Å². The number of aliphatic hydroxyl groups excluding tert-OH is 1. The summed E-state index contributed by atoms with van der Waals surface area (Å²) in [4.78, 5) is 55.7. The summed E-state index contributed by atoms with van der Waals surface area (Å²) in [6.45, 7) is 5.84. The van der Waals surface area contributed by atoms with E-state index in [1.807, 2.05) is 86.7 Å². The van der Waals surface area contributed by atoms with Crippen LogP contribution in [0, 0.1) is 5.92 Å². The van der Waals surface area contributed by atoms with Crippen LogP contribution in [0.1, 0.15) is 36.5 Å². The highest BCUT2D eigenvalue weighted by molar-refractivity contribution is 6.71. The second-order valence-electron chi connectivity index (χ2n) is 12.6. The van der Waals surface area contributed by atoms with Crippen molar-refractivity contribution in [1.29, 1.82) is 0 Å². The number of amides is 3. The number of carbonyl (C=O) groups excluding carboxylic acids is 3. The quantitative estimate of drug-likeness (QED) is 0.323. The number of aliphatic hydroxyl groups is 1. The lowest BCUT2D eigenvalue weighted by Crippen LogP contribution is -2.44. The molecule has 1 fully saturated rings. The first-order chi connectivity index (χ1) is 21.0.